The summed E-state index contributed by atoms with van der Waals surface area (Å²) < 4.78 is 15.3. The molecule has 0 saturated heterocycles. The molecule has 6 nitrogen and oxygen atoms in total. The highest BCUT2D eigenvalue weighted by atomic mass is 16.3. The normalized spacial score (nSPS) is 11.9. The molecule has 0 saturated carbocycles. The first kappa shape index (κ1) is 33.6. The molecular formula is C55H32N4O2. The van der Waals surface area contributed by atoms with Crippen molar-refractivity contribution in [2.24, 2.45) is 0 Å². The number of hydrogen-bond acceptors (Lipinski definition) is 5. The van der Waals surface area contributed by atoms with Gasteiger partial charge in [-0.15, -0.1) is 0 Å². The second kappa shape index (κ2) is 13.1. The van der Waals surface area contributed by atoms with E-state index in [1.165, 1.54) is 21.5 Å². The minimum absolute atomic E-state index is 0.550. The van der Waals surface area contributed by atoms with Crippen LogP contribution in [0.2, 0.25) is 0 Å². The van der Waals surface area contributed by atoms with Crippen LogP contribution in [0.3, 0.4) is 0 Å². The van der Waals surface area contributed by atoms with Crippen molar-refractivity contribution in [1.82, 2.24) is 19.5 Å². The van der Waals surface area contributed by atoms with E-state index in [9.17, 15) is 0 Å². The quantitative estimate of drug-likeness (QED) is 0.174. The Labute approximate surface area is 348 Å². The van der Waals surface area contributed by atoms with Gasteiger partial charge in [-0.25, -0.2) is 15.0 Å². The third kappa shape index (κ3) is 5.32. The largest absolute Gasteiger partial charge is 0.456 e. The number of aromatic nitrogens is 4. The van der Waals surface area contributed by atoms with E-state index in [0.717, 1.165) is 88.4 Å². The lowest BCUT2D eigenvalue weighted by Crippen LogP contribution is -2.02. The number of para-hydroxylation sites is 3. The van der Waals surface area contributed by atoms with E-state index in [1.54, 1.807) is 0 Å². The molecule has 13 aromatic rings. The van der Waals surface area contributed by atoms with E-state index < -0.39 is 0 Å². The number of hydrogen-bond donors (Lipinski definition) is 0. The number of nitrogens with zero attached hydrogens (tertiary/aromatic N) is 4. The monoisotopic (exact) mass is 780 g/mol. The molecule has 9 aromatic carbocycles. The van der Waals surface area contributed by atoms with E-state index >= 15 is 0 Å². The Hall–Kier alpha value is -8.35. The zero-order valence-electron chi connectivity index (χ0n) is 32.6. The molecule has 0 atom stereocenters. The second-order valence-electron chi connectivity index (χ2n) is 15.6. The Morgan fingerprint density at radius 2 is 0.902 bits per heavy atom. The van der Waals surface area contributed by atoms with Crippen molar-refractivity contribution >= 4 is 76.5 Å². The van der Waals surface area contributed by atoms with E-state index in [4.69, 9.17) is 23.8 Å². The molecule has 61 heavy (non-hydrogen) atoms. The molecule has 0 bridgehead atoms. The Kier molecular flexibility index (Phi) is 7.21. The third-order valence-corrected chi connectivity index (χ3v) is 12.0. The molecule has 0 amide bonds. The van der Waals surface area contributed by atoms with Gasteiger partial charge in [0.2, 0.25) is 0 Å². The zero-order chi connectivity index (χ0) is 40.0. The average molecular weight is 781 g/mol. The first-order valence-electron chi connectivity index (χ1n) is 20.4. The minimum Gasteiger partial charge on any atom is -0.456 e. The highest BCUT2D eigenvalue weighted by Gasteiger charge is 2.22. The van der Waals surface area contributed by atoms with Crippen LogP contribution >= 0.6 is 0 Å². The van der Waals surface area contributed by atoms with Crippen LogP contribution in [0.4, 0.5) is 0 Å². The summed E-state index contributed by atoms with van der Waals surface area (Å²) in [6.45, 7) is 0. The lowest BCUT2D eigenvalue weighted by atomic mass is 10.0. The van der Waals surface area contributed by atoms with Crippen LogP contribution in [0, 0.1) is 0 Å². The van der Waals surface area contributed by atoms with Gasteiger partial charge < -0.3 is 13.4 Å². The van der Waals surface area contributed by atoms with Crippen molar-refractivity contribution in [2.75, 3.05) is 0 Å². The molecule has 0 aliphatic carbocycles. The van der Waals surface area contributed by atoms with Gasteiger partial charge in [0.1, 0.15) is 22.3 Å². The van der Waals surface area contributed by atoms with Crippen molar-refractivity contribution in [3.63, 3.8) is 0 Å². The summed E-state index contributed by atoms with van der Waals surface area (Å²) in [7, 11) is 0. The Morgan fingerprint density at radius 1 is 0.328 bits per heavy atom. The summed E-state index contributed by atoms with van der Waals surface area (Å²) >= 11 is 0. The summed E-state index contributed by atoms with van der Waals surface area (Å²) in [5.74, 6) is 1.69. The van der Waals surface area contributed by atoms with E-state index in [2.05, 4.69) is 150 Å². The van der Waals surface area contributed by atoms with Gasteiger partial charge in [0.15, 0.2) is 17.5 Å². The maximum atomic E-state index is 6.72. The van der Waals surface area contributed by atoms with Crippen molar-refractivity contribution < 1.29 is 8.83 Å². The van der Waals surface area contributed by atoms with Crippen molar-refractivity contribution in [3.8, 4) is 51.0 Å². The molecule has 6 heteroatoms. The number of furan rings is 2. The topological polar surface area (TPSA) is 69.9 Å². The van der Waals surface area contributed by atoms with Gasteiger partial charge in [-0.3, -0.25) is 0 Å². The molecule has 0 aliphatic rings. The first-order chi connectivity index (χ1) is 30.2. The molecular weight excluding hydrogens is 749 g/mol. The van der Waals surface area contributed by atoms with Crippen LogP contribution in [0.1, 0.15) is 0 Å². The highest BCUT2D eigenvalue weighted by Crippen LogP contribution is 2.42. The minimum atomic E-state index is 0.550. The fraction of sp³-hybridized carbons (Fsp3) is 0. The second-order valence-corrected chi connectivity index (χ2v) is 15.6. The van der Waals surface area contributed by atoms with Crippen molar-refractivity contribution in [3.05, 3.63) is 194 Å². The smallest absolute Gasteiger partial charge is 0.164 e. The molecule has 284 valence electrons. The molecule has 13 rings (SSSR count). The maximum absolute atomic E-state index is 6.72. The number of benzene rings is 9. The van der Waals surface area contributed by atoms with Crippen molar-refractivity contribution in [2.45, 2.75) is 0 Å². The Bertz CT molecular complexity index is 3880. The predicted octanol–water partition coefficient (Wildman–Crippen LogP) is 14.6. The van der Waals surface area contributed by atoms with Crippen LogP contribution in [0.25, 0.3) is 127 Å². The Morgan fingerprint density at radius 3 is 1.72 bits per heavy atom. The summed E-state index contributed by atoms with van der Waals surface area (Å²) in [4.78, 5) is 15.9. The van der Waals surface area contributed by atoms with Crippen LogP contribution < -0.4 is 0 Å². The third-order valence-electron chi connectivity index (χ3n) is 12.0. The molecule has 0 N–H and O–H groups in total. The van der Waals surface area contributed by atoms with Crippen LogP contribution in [0.15, 0.2) is 203 Å². The maximum Gasteiger partial charge on any atom is 0.164 e. The highest BCUT2D eigenvalue weighted by molar-refractivity contribution is 6.16. The molecule has 0 aliphatic heterocycles. The van der Waals surface area contributed by atoms with Gasteiger partial charge in [0.25, 0.3) is 0 Å². The number of fused-ring (bicyclic) bond motifs is 10. The van der Waals surface area contributed by atoms with Crippen LogP contribution in [-0.2, 0) is 0 Å². The van der Waals surface area contributed by atoms with Gasteiger partial charge in [-0.2, -0.15) is 0 Å². The van der Waals surface area contributed by atoms with Gasteiger partial charge in [0, 0.05) is 55.1 Å². The summed E-state index contributed by atoms with van der Waals surface area (Å²) in [6, 6.07) is 67.5. The fourth-order valence-electron chi connectivity index (χ4n) is 9.14. The molecule has 0 unspecified atom stereocenters. The fourth-order valence-corrected chi connectivity index (χ4v) is 9.14. The van der Waals surface area contributed by atoms with Gasteiger partial charge in [-0.1, -0.05) is 133 Å². The van der Waals surface area contributed by atoms with E-state index in [-0.39, 0.29) is 0 Å². The van der Waals surface area contributed by atoms with Crippen LogP contribution in [-0.4, -0.2) is 19.5 Å². The molecule has 0 fully saturated rings. The molecule has 0 radical (unpaired) electrons. The summed E-state index contributed by atoms with van der Waals surface area (Å²) in [6.07, 6.45) is 0. The molecule has 0 spiro atoms. The lowest BCUT2D eigenvalue weighted by Gasteiger charge is -2.13. The lowest BCUT2D eigenvalue weighted by molar-refractivity contribution is 0.668. The molecule has 4 aromatic heterocycles. The summed E-state index contributed by atoms with van der Waals surface area (Å²) in [5, 5.41) is 8.74. The first-order valence-corrected chi connectivity index (χ1v) is 20.4. The molecule has 4 heterocycles. The summed E-state index contributed by atoms with van der Waals surface area (Å²) in [5.41, 5.74) is 11.2. The SMILES string of the molecule is c1ccc(-c2ccc(-c3nc(-c4ccc5oc6ccccc6c5c4)nc(-c4cc(-n5c6ccccc6c6cc7ccccc7cc65)cc5oc6ccccc6c45)n3)cc2)cc1. The van der Waals surface area contributed by atoms with Gasteiger partial charge in [-0.05, 0) is 76.5 Å². The average Bonchev–Trinajstić information content (AvgIpc) is 3.99. The predicted molar refractivity (Wildman–Crippen MR) is 248 cm³/mol. The van der Waals surface area contributed by atoms with E-state index in [0.29, 0.717) is 17.5 Å². The number of rotatable bonds is 5. The van der Waals surface area contributed by atoms with Crippen LogP contribution in [0.5, 0.6) is 0 Å². The van der Waals surface area contributed by atoms with E-state index in [1.807, 2.05) is 48.5 Å². The van der Waals surface area contributed by atoms with Gasteiger partial charge >= 0.3 is 0 Å². The standard InChI is InChI=1S/C55H32N4O2/c1-2-12-33(13-3-1)34-22-24-35(25-23-34)53-56-54(38-26-27-50-44(29-38)41-17-7-10-20-48(41)60-50)58-55(57-53)45-31-39(32-51-52(45)42-18-8-11-21-49(42)61-51)59-46-19-9-6-16-40(46)43-28-36-14-4-5-15-37(36)30-47(43)59/h1-32H. The zero-order valence-corrected chi connectivity index (χ0v) is 32.6. The van der Waals surface area contributed by atoms with Gasteiger partial charge in [0.05, 0.1) is 16.7 Å². The Balaban J connectivity index is 1.09. The van der Waals surface area contributed by atoms with Crippen molar-refractivity contribution in [1.29, 1.82) is 0 Å².